The minimum Gasteiger partial charge on any atom is -0.464 e. The Labute approximate surface area is 168 Å². The lowest BCUT2D eigenvalue weighted by molar-refractivity contribution is -0.153. The van der Waals surface area contributed by atoms with E-state index in [-0.39, 0.29) is 24.7 Å². The van der Waals surface area contributed by atoms with E-state index in [2.05, 4.69) is 9.99 Å². The second-order valence-corrected chi connectivity index (χ2v) is 12.3. The van der Waals surface area contributed by atoms with Crippen molar-refractivity contribution in [2.24, 2.45) is 5.41 Å². The number of nitrogens with one attached hydrogen (secondary N) is 1. The van der Waals surface area contributed by atoms with Gasteiger partial charge in [0.2, 0.25) is 0 Å². The van der Waals surface area contributed by atoms with Crippen molar-refractivity contribution in [3.63, 3.8) is 0 Å². The zero-order chi connectivity index (χ0) is 20.5. The zero-order valence-electron chi connectivity index (χ0n) is 17.7. The quantitative estimate of drug-likeness (QED) is 0.290. The van der Waals surface area contributed by atoms with Gasteiger partial charge >= 0.3 is 12.7 Å². The first-order chi connectivity index (χ1) is 12.5. The maximum atomic E-state index is 12.8. The van der Waals surface area contributed by atoms with Gasteiger partial charge in [-0.15, -0.1) is 0 Å². The van der Waals surface area contributed by atoms with Gasteiger partial charge in [-0.3, -0.25) is 14.3 Å². The van der Waals surface area contributed by atoms with Gasteiger partial charge in [-0.1, -0.05) is 11.4 Å². The van der Waals surface area contributed by atoms with Crippen molar-refractivity contribution < 1.29 is 23.4 Å². The van der Waals surface area contributed by atoms with Crippen molar-refractivity contribution >= 4 is 24.1 Å². The highest BCUT2D eigenvalue weighted by atomic mass is 32.7. The Hall–Kier alpha value is -0.110. The number of esters is 1. The normalized spacial score (nSPS) is 18.7. The number of nitrogens with zero attached hydrogens (tertiary/aromatic N) is 1. The van der Waals surface area contributed by atoms with Crippen LogP contribution in [0.4, 0.5) is 0 Å². The van der Waals surface area contributed by atoms with Crippen LogP contribution in [0.25, 0.3) is 0 Å². The van der Waals surface area contributed by atoms with Gasteiger partial charge in [-0.25, -0.2) is 5.09 Å². The summed E-state index contributed by atoms with van der Waals surface area (Å²) in [5.41, 5.74) is -0.544. The molecule has 0 aromatic rings. The minimum atomic E-state index is -3.01. The van der Waals surface area contributed by atoms with Crippen molar-refractivity contribution in [1.82, 2.24) is 9.99 Å². The summed E-state index contributed by atoms with van der Waals surface area (Å²) in [5, 5.41) is 3.00. The van der Waals surface area contributed by atoms with E-state index in [1.807, 2.05) is 41.5 Å². The molecule has 1 unspecified atom stereocenters. The smallest absolute Gasteiger partial charge is 0.327 e. The average Bonchev–Trinajstić information content (AvgIpc) is 2.56. The highest BCUT2D eigenvalue weighted by Crippen LogP contribution is 2.57. The third-order valence-electron chi connectivity index (χ3n) is 4.05. The van der Waals surface area contributed by atoms with E-state index in [0.29, 0.717) is 5.75 Å². The van der Waals surface area contributed by atoms with Crippen LogP contribution in [0.1, 0.15) is 48.0 Å². The van der Waals surface area contributed by atoms with Gasteiger partial charge in [0.15, 0.2) is 0 Å². The summed E-state index contributed by atoms with van der Waals surface area (Å²) in [6.45, 7) is 12.8. The number of rotatable bonds is 12. The van der Waals surface area contributed by atoms with Gasteiger partial charge in [-0.2, -0.15) is 0 Å². The number of hydrogen-bond donors (Lipinski definition) is 1. The molecule has 0 bridgehead atoms. The molecule has 0 aromatic carbocycles. The monoisotopic (exact) mass is 424 g/mol. The predicted octanol–water partition coefficient (Wildman–Crippen LogP) is 3.54. The van der Waals surface area contributed by atoms with Crippen LogP contribution >= 0.6 is 18.1 Å². The molecule has 0 spiro atoms. The molecule has 1 heterocycles. The molecule has 0 aromatic heterocycles. The Balaban J connectivity index is 2.37. The van der Waals surface area contributed by atoms with Gasteiger partial charge < -0.3 is 14.0 Å². The Bertz CT molecular complexity index is 482. The third kappa shape index (κ3) is 10.3. The van der Waals surface area contributed by atoms with Crippen LogP contribution < -0.4 is 5.09 Å². The Morgan fingerprint density at radius 1 is 1.26 bits per heavy atom. The number of hydrogen-bond acceptors (Lipinski definition) is 7. The van der Waals surface area contributed by atoms with E-state index in [0.717, 1.165) is 39.3 Å². The van der Waals surface area contributed by atoms with E-state index >= 15 is 0 Å². The first-order valence-corrected chi connectivity index (χ1v) is 12.9. The molecule has 1 fully saturated rings. The molecule has 0 amide bonds. The Morgan fingerprint density at radius 3 is 2.44 bits per heavy atom. The molecule has 0 radical (unpaired) electrons. The summed E-state index contributed by atoms with van der Waals surface area (Å²) in [6, 6.07) is 0.0451. The van der Waals surface area contributed by atoms with Gasteiger partial charge in [0.05, 0.1) is 24.7 Å². The first kappa shape index (κ1) is 24.9. The Kier molecular flexibility index (Phi) is 10.9. The molecule has 27 heavy (non-hydrogen) atoms. The highest BCUT2D eigenvalue weighted by Gasteiger charge is 2.31. The second-order valence-electron chi connectivity index (χ2n) is 7.99. The number of ether oxygens (including phenoxy) is 2. The largest absolute Gasteiger partial charge is 0.464 e. The summed E-state index contributed by atoms with van der Waals surface area (Å²) in [5.74, 6) is 0.211. The maximum Gasteiger partial charge on any atom is 0.327 e. The van der Waals surface area contributed by atoms with Crippen LogP contribution in [0.5, 0.6) is 0 Å². The van der Waals surface area contributed by atoms with Crippen molar-refractivity contribution in [3.05, 3.63) is 0 Å². The first-order valence-electron chi connectivity index (χ1n) is 9.72. The highest BCUT2D eigenvalue weighted by molar-refractivity contribution is 8.56. The lowest BCUT2D eigenvalue weighted by Crippen LogP contribution is -2.39. The van der Waals surface area contributed by atoms with Crippen LogP contribution in [0.15, 0.2) is 0 Å². The Morgan fingerprint density at radius 2 is 1.89 bits per heavy atom. The molecule has 1 N–H and O–H groups in total. The molecule has 1 rings (SSSR count). The SMILES string of the molecule is CC(C)NP(=O)(OC(C)C)SCCOC(=O)C(C)(C)CCN1CCOCC1. The van der Waals surface area contributed by atoms with Crippen LogP contribution in [0.3, 0.4) is 0 Å². The van der Waals surface area contributed by atoms with E-state index in [4.69, 9.17) is 14.0 Å². The summed E-state index contributed by atoms with van der Waals surface area (Å²) in [4.78, 5) is 14.7. The van der Waals surface area contributed by atoms with Crippen molar-refractivity contribution in [2.45, 2.75) is 60.1 Å². The lowest BCUT2D eigenvalue weighted by atomic mass is 9.89. The number of morpholine rings is 1. The molecule has 1 aliphatic rings. The van der Waals surface area contributed by atoms with Crippen molar-refractivity contribution in [2.75, 3.05) is 45.2 Å². The fraction of sp³-hybridized carbons (Fsp3) is 0.944. The van der Waals surface area contributed by atoms with Crippen molar-refractivity contribution in [3.8, 4) is 0 Å². The summed E-state index contributed by atoms with van der Waals surface area (Å²) >= 11 is 1.19. The molecule has 1 atom stereocenters. The molecule has 1 saturated heterocycles. The fourth-order valence-corrected chi connectivity index (χ4v) is 6.83. The predicted molar refractivity (Wildman–Crippen MR) is 111 cm³/mol. The molecular weight excluding hydrogens is 387 g/mol. The molecule has 9 heteroatoms. The van der Waals surface area contributed by atoms with Gasteiger partial charge in [0.1, 0.15) is 6.61 Å². The van der Waals surface area contributed by atoms with E-state index in [1.54, 1.807) is 0 Å². The van der Waals surface area contributed by atoms with Crippen LogP contribution in [0.2, 0.25) is 0 Å². The fourth-order valence-electron chi connectivity index (χ4n) is 2.54. The van der Waals surface area contributed by atoms with E-state index < -0.39 is 12.1 Å². The van der Waals surface area contributed by atoms with Gasteiger partial charge in [-0.05, 0) is 54.5 Å². The lowest BCUT2D eigenvalue weighted by Gasteiger charge is -2.30. The molecular formula is C18H37N2O5PS. The van der Waals surface area contributed by atoms with E-state index in [1.165, 1.54) is 11.4 Å². The molecule has 0 aliphatic carbocycles. The summed E-state index contributed by atoms with van der Waals surface area (Å²) < 4.78 is 29.2. The standard InChI is InChI=1S/C18H37N2O5PS/c1-15(2)19-26(22,25-16(3)4)27-14-13-24-17(21)18(5,6)7-8-20-9-11-23-12-10-20/h15-16H,7-14H2,1-6H3,(H,19,22). The van der Waals surface area contributed by atoms with Crippen LogP contribution in [-0.4, -0.2) is 68.2 Å². The summed E-state index contributed by atoms with van der Waals surface area (Å²) in [6.07, 6.45) is 0.597. The molecule has 1 aliphatic heterocycles. The molecule has 7 nitrogen and oxygen atoms in total. The van der Waals surface area contributed by atoms with Crippen molar-refractivity contribution in [1.29, 1.82) is 0 Å². The summed E-state index contributed by atoms with van der Waals surface area (Å²) in [7, 11) is 0. The number of carbonyl (C=O) groups excluding carboxylic acids is 1. The number of carbonyl (C=O) groups is 1. The van der Waals surface area contributed by atoms with Gasteiger partial charge in [0, 0.05) is 24.9 Å². The molecule has 160 valence electrons. The zero-order valence-corrected chi connectivity index (χ0v) is 19.4. The van der Waals surface area contributed by atoms with E-state index in [9.17, 15) is 9.36 Å². The minimum absolute atomic E-state index is 0.0451. The second kappa shape index (κ2) is 11.8. The molecule has 0 saturated carbocycles. The topological polar surface area (TPSA) is 77.1 Å². The van der Waals surface area contributed by atoms with Crippen LogP contribution in [-0.2, 0) is 23.4 Å². The average molecular weight is 425 g/mol. The van der Waals surface area contributed by atoms with Crippen LogP contribution in [0, 0.1) is 5.41 Å². The third-order valence-corrected chi connectivity index (χ3v) is 8.42. The maximum absolute atomic E-state index is 12.8. The van der Waals surface area contributed by atoms with Gasteiger partial charge in [0.25, 0.3) is 0 Å².